The Bertz CT molecular complexity index is 449. The molecule has 0 aromatic heterocycles. The van der Waals surface area contributed by atoms with Gasteiger partial charge in [-0.1, -0.05) is 37.3 Å². The molecule has 1 aromatic rings. The highest BCUT2D eigenvalue weighted by atomic mass is 16.1. The van der Waals surface area contributed by atoms with Gasteiger partial charge in [0.15, 0.2) is 0 Å². The molecule has 4 nitrogen and oxygen atoms in total. The number of nitrogens with zero attached hydrogens (tertiary/aromatic N) is 1. The zero-order valence-electron chi connectivity index (χ0n) is 13.8. The second-order valence-corrected chi connectivity index (χ2v) is 6.39. The summed E-state index contributed by atoms with van der Waals surface area (Å²) in [5.74, 6) is 0.805. The zero-order chi connectivity index (χ0) is 15.8. The van der Waals surface area contributed by atoms with Crippen LogP contribution in [0, 0.1) is 11.8 Å². The van der Waals surface area contributed by atoms with Gasteiger partial charge in [-0.15, -0.1) is 0 Å². The van der Waals surface area contributed by atoms with Gasteiger partial charge in [0.2, 0.25) is 5.91 Å². The first-order valence-corrected chi connectivity index (χ1v) is 8.37. The van der Waals surface area contributed by atoms with Crippen molar-refractivity contribution >= 4 is 5.91 Å². The quantitative estimate of drug-likeness (QED) is 0.765. The average Bonchev–Trinajstić information content (AvgIpc) is 3.00. The van der Waals surface area contributed by atoms with E-state index in [2.05, 4.69) is 45.9 Å². The van der Waals surface area contributed by atoms with Crippen molar-refractivity contribution < 1.29 is 4.79 Å². The lowest BCUT2D eigenvalue weighted by molar-refractivity contribution is -0.124. The van der Waals surface area contributed by atoms with Crippen LogP contribution in [-0.2, 0) is 11.2 Å². The third-order valence-corrected chi connectivity index (χ3v) is 4.45. The number of benzene rings is 1. The zero-order valence-corrected chi connectivity index (χ0v) is 13.8. The first kappa shape index (κ1) is 17.0. The van der Waals surface area contributed by atoms with E-state index < -0.39 is 0 Å². The van der Waals surface area contributed by atoms with Crippen LogP contribution in [0.15, 0.2) is 30.3 Å². The van der Waals surface area contributed by atoms with E-state index in [-0.39, 0.29) is 11.8 Å². The predicted octanol–water partition coefficient (Wildman–Crippen LogP) is 1.52. The number of rotatable bonds is 8. The first-order valence-electron chi connectivity index (χ1n) is 8.37. The van der Waals surface area contributed by atoms with Crippen LogP contribution in [0.5, 0.6) is 0 Å². The van der Waals surface area contributed by atoms with Crippen LogP contribution >= 0.6 is 0 Å². The number of likely N-dealkylation sites (tertiary alicyclic amines) is 1. The third-order valence-electron chi connectivity index (χ3n) is 4.45. The lowest BCUT2D eigenvalue weighted by Crippen LogP contribution is -2.37. The summed E-state index contributed by atoms with van der Waals surface area (Å²) in [5.41, 5.74) is 1.40. The summed E-state index contributed by atoms with van der Waals surface area (Å²) in [6, 6.07) is 10.6. The lowest BCUT2D eigenvalue weighted by atomic mass is 10.1. The van der Waals surface area contributed by atoms with E-state index >= 15 is 0 Å². The van der Waals surface area contributed by atoms with Crippen molar-refractivity contribution in [1.29, 1.82) is 0 Å². The molecule has 122 valence electrons. The van der Waals surface area contributed by atoms with Gasteiger partial charge in [0, 0.05) is 32.1 Å². The molecule has 1 saturated heterocycles. The van der Waals surface area contributed by atoms with Crippen LogP contribution in [0.4, 0.5) is 0 Å². The van der Waals surface area contributed by atoms with Crippen molar-refractivity contribution in [3.8, 4) is 0 Å². The minimum atomic E-state index is 0.0422. The van der Waals surface area contributed by atoms with Gasteiger partial charge in [-0.3, -0.25) is 4.79 Å². The normalized spacial score (nSPS) is 20.0. The molecule has 2 atom stereocenters. The van der Waals surface area contributed by atoms with Gasteiger partial charge >= 0.3 is 0 Å². The fraction of sp³-hybridized carbons (Fsp3) is 0.611. The number of nitrogens with one attached hydrogen (secondary N) is 2. The summed E-state index contributed by atoms with van der Waals surface area (Å²) in [4.78, 5) is 14.4. The number of hydrogen-bond donors (Lipinski definition) is 2. The average molecular weight is 303 g/mol. The Morgan fingerprint density at radius 1 is 1.36 bits per heavy atom. The molecular weight excluding hydrogens is 274 g/mol. The summed E-state index contributed by atoms with van der Waals surface area (Å²) in [6.07, 6.45) is 2.30. The maximum Gasteiger partial charge on any atom is 0.224 e. The van der Waals surface area contributed by atoms with Crippen molar-refractivity contribution in [3.63, 3.8) is 0 Å². The van der Waals surface area contributed by atoms with Crippen LogP contribution in [0.25, 0.3) is 0 Å². The van der Waals surface area contributed by atoms with Crippen molar-refractivity contribution in [2.75, 3.05) is 39.8 Å². The molecular formula is C18H29N3O. The molecule has 1 amide bonds. The van der Waals surface area contributed by atoms with Crippen molar-refractivity contribution in [2.24, 2.45) is 11.8 Å². The Hall–Kier alpha value is -1.39. The van der Waals surface area contributed by atoms with E-state index in [0.717, 1.165) is 39.1 Å². The molecule has 0 bridgehead atoms. The van der Waals surface area contributed by atoms with E-state index in [9.17, 15) is 4.79 Å². The molecule has 0 spiro atoms. The molecule has 22 heavy (non-hydrogen) atoms. The van der Waals surface area contributed by atoms with Gasteiger partial charge in [-0.05, 0) is 37.9 Å². The predicted molar refractivity (Wildman–Crippen MR) is 90.8 cm³/mol. The molecule has 2 unspecified atom stereocenters. The smallest absolute Gasteiger partial charge is 0.224 e. The summed E-state index contributed by atoms with van der Waals surface area (Å²) in [5, 5.41) is 6.14. The molecule has 1 aliphatic heterocycles. The molecule has 2 rings (SSSR count). The molecule has 1 aromatic carbocycles. The molecule has 1 fully saturated rings. The van der Waals surface area contributed by atoms with Gasteiger partial charge in [0.05, 0.1) is 0 Å². The van der Waals surface area contributed by atoms with Crippen LogP contribution in [-0.4, -0.2) is 50.6 Å². The van der Waals surface area contributed by atoms with Crippen LogP contribution < -0.4 is 10.6 Å². The highest BCUT2D eigenvalue weighted by Crippen LogP contribution is 2.16. The molecule has 0 radical (unpaired) electrons. The van der Waals surface area contributed by atoms with E-state index in [1.807, 2.05) is 14.0 Å². The second kappa shape index (κ2) is 8.91. The molecule has 0 aliphatic carbocycles. The molecule has 4 heteroatoms. The number of carbonyl (C=O) groups excluding carboxylic acids is 1. The Kier molecular flexibility index (Phi) is 6.87. The van der Waals surface area contributed by atoms with Crippen LogP contribution in [0.1, 0.15) is 18.9 Å². The molecule has 0 saturated carbocycles. The fourth-order valence-corrected chi connectivity index (χ4v) is 3.03. The fourth-order valence-electron chi connectivity index (χ4n) is 3.03. The molecule has 1 heterocycles. The van der Waals surface area contributed by atoms with E-state index in [1.54, 1.807) is 0 Å². The van der Waals surface area contributed by atoms with Gasteiger partial charge in [-0.2, -0.15) is 0 Å². The van der Waals surface area contributed by atoms with E-state index in [0.29, 0.717) is 5.92 Å². The van der Waals surface area contributed by atoms with Crippen molar-refractivity contribution in [1.82, 2.24) is 15.5 Å². The van der Waals surface area contributed by atoms with Gasteiger partial charge in [0.25, 0.3) is 0 Å². The molecule has 1 aliphatic rings. The van der Waals surface area contributed by atoms with Gasteiger partial charge in [-0.25, -0.2) is 0 Å². The molecule has 2 N–H and O–H groups in total. The summed E-state index contributed by atoms with van der Waals surface area (Å²) < 4.78 is 0. The third kappa shape index (κ3) is 5.43. The summed E-state index contributed by atoms with van der Waals surface area (Å²) >= 11 is 0. The lowest BCUT2D eigenvalue weighted by Gasteiger charge is -2.17. The first-order chi connectivity index (χ1) is 10.7. The number of hydrogen-bond acceptors (Lipinski definition) is 3. The minimum Gasteiger partial charge on any atom is -0.356 e. The standard InChI is InChI=1S/C18H29N3O/c1-15(12-19-2)18(22)20-13-17-9-11-21(14-17)10-8-16-6-4-3-5-7-16/h3-7,15,17,19H,8-14H2,1-2H3,(H,20,22). The number of carbonyl (C=O) groups is 1. The Morgan fingerprint density at radius 3 is 2.86 bits per heavy atom. The minimum absolute atomic E-state index is 0.0422. The number of amides is 1. The van der Waals surface area contributed by atoms with Crippen molar-refractivity contribution in [3.05, 3.63) is 35.9 Å². The van der Waals surface area contributed by atoms with E-state index in [1.165, 1.54) is 12.0 Å². The highest BCUT2D eigenvalue weighted by Gasteiger charge is 2.23. The van der Waals surface area contributed by atoms with Crippen LogP contribution in [0.2, 0.25) is 0 Å². The van der Waals surface area contributed by atoms with Crippen molar-refractivity contribution in [2.45, 2.75) is 19.8 Å². The SMILES string of the molecule is CNCC(C)C(=O)NCC1CCN(CCc2ccccc2)C1. The monoisotopic (exact) mass is 303 g/mol. The largest absolute Gasteiger partial charge is 0.356 e. The summed E-state index contributed by atoms with van der Waals surface area (Å²) in [6.45, 7) is 6.89. The Labute approximate surface area is 134 Å². The Morgan fingerprint density at radius 2 is 2.14 bits per heavy atom. The Balaban J connectivity index is 1.64. The van der Waals surface area contributed by atoms with Crippen LogP contribution in [0.3, 0.4) is 0 Å². The van der Waals surface area contributed by atoms with Gasteiger partial charge < -0.3 is 15.5 Å². The topological polar surface area (TPSA) is 44.4 Å². The maximum absolute atomic E-state index is 11.9. The van der Waals surface area contributed by atoms with Gasteiger partial charge in [0.1, 0.15) is 0 Å². The second-order valence-electron chi connectivity index (χ2n) is 6.39. The highest BCUT2D eigenvalue weighted by molar-refractivity contribution is 5.78. The summed E-state index contributed by atoms with van der Waals surface area (Å²) in [7, 11) is 1.88. The maximum atomic E-state index is 11.9. The van der Waals surface area contributed by atoms with E-state index in [4.69, 9.17) is 0 Å².